The summed E-state index contributed by atoms with van der Waals surface area (Å²) in [6, 6.07) is 14.4. The van der Waals surface area contributed by atoms with Gasteiger partial charge in [-0.25, -0.2) is 0 Å². The fourth-order valence-corrected chi connectivity index (χ4v) is 3.83. The molecule has 0 aliphatic carbocycles. The van der Waals surface area contributed by atoms with E-state index in [0.717, 1.165) is 0 Å². The van der Waals surface area contributed by atoms with E-state index >= 15 is 0 Å². The van der Waals surface area contributed by atoms with Crippen LogP contribution in [0.25, 0.3) is 0 Å². The van der Waals surface area contributed by atoms with Gasteiger partial charge < -0.3 is 14.8 Å². The summed E-state index contributed by atoms with van der Waals surface area (Å²) in [4.78, 5) is 12.3. The van der Waals surface area contributed by atoms with Crippen LogP contribution in [0.1, 0.15) is 11.9 Å². The Balaban J connectivity index is 1.44. The molecule has 1 amide bonds. The average Bonchev–Trinajstić information content (AvgIpc) is 3.16. The highest BCUT2D eigenvalue weighted by Crippen LogP contribution is 2.36. The molecule has 154 valence electrons. The molecule has 0 fully saturated rings. The van der Waals surface area contributed by atoms with E-state index in [0.29, 0.717) is 46.3 Å². The molecule has 2 aromatic carbocycles. The molecule has 2 heterocycles. The lowest BCUT2D eigenvalue weighted by Crippen LogP contribution is -2.25. The number of rotatable bonds is 7. The molecule has 1 atom stereocenters. The molecule has 0 bridgehead atoms. The zero-order chi connectivity index (χ0) is 20.9. The van der Waals surface area contributed by atoms with Crippen molar-refractivity contribution < 1.29 is 14.3 Å². The summed E-state index contributed by atoms with van der Waals surface area (Å²) in [5.41, 5.74) is 0.685. The first-order chi connectivity index (χ1) is 14.6. The number of carbonyl (C=O) groups is 1. The number of carbonyl (C=O) groups excluding carboxylic acids is 1. The maximum absolute atomic E-state index is 12.3. The topological polar surface area (TPSA) is 78.3 Å². The number of anilines is 1. The van der Waals surface area contributed by atoms with Gasteiger partial charge in [0.05, 0.1) is 5.75 Å². The molecule has 1 N–H and O–H groups in total. The highest BCUT2D eigenvalue weighted by molar-refractivity contribution is 7.99. The van der Waals surface area contributed by atoms with Crippen molar-refractivity contribution in [2.75, 3.05) is 17.7 Å². The first kappa shape index (κ1) is 20.3. The molecular weight excluding hydrogens is 424 g/mol. The second kappa shape index (κ2) is 9.23. The molecule has 0 saturated carbocycles. The lowest BCUT2D eigenvalue weighted by molar-refractivity contribution is -0.113. The number of nitrogens with zero attached hydrogens (tertiary/aromatic N) is 3. The summed E-state index contributed by atoms with van der Waals surface area (Å²) in [6.45, 7) is 4.63. The summed E-state index contributed by atoms with van der Waals surface area (Å²) >= 11 is 7.16. The third-order valence-corrected chi connectivity index (χ3v) is 5.53. The number of para-hydroxylation sites is 2. The number of ether oxygens (including phenoxy) is 2. The number of aromatic nitrogens is 3. The zero-order valence-corrected chi connectivity index (χ0v) is 17.5. The summed E-state index contributed by atoms with van der Waals surface area (Å²) in [7, 11) is 0. The van der Waals surface area contributed by atoms with Crippen molar-refractivity contribution in [3.8, 4) is 11.5 Å². The molecule has 9 heteroatoms. The number of fused-ring (bicyclic) bond motifs is 1. The van der Waals surface area contributed by atoms with Gasteiger partial charge in [0.1, 0.15) is 6.61 Å². The minimum Gasteiger partial charge on any atom is -0.485 e. The van der Waals surface area contributed by atoms with Gasteiger partial charge in [0.25, 0.3) is 0 Å². The molecule has 0 radical (unpaired) electrons. The van der Waals surface area contributed by atoms with E-state index in [1.165, 1.54) is 11.8 Å². The van der Waals surface area contributed by atoms with E-state index in [9.17, 15) is 4.79 Å². The molecule has 7 nitrogen and oxygen atoms in total. The molecule has 1 unspecified atom stereocenters. The molecule has 1 aromatic heterocycles. The summed E-state index contributed by atoms with van der Waals surface area (Å²) in [5, 5.41) is 12.6. The van der Waals surface area contributed by atoms with Crippen molar-refractivity contribution in [1.82, 2.24) is 14.8 Å². The van der Waals surface area contributed by atoms with Gasteiger partial charge in [0, 0.05) is 17.3 Å². The van der Waals surface area contributed by atoms with Crippen molar-refractivity contribution in [3.63, 3.8) is 0 Å². The van der Waals surface area contributed by atoms with E-state index in [-0.39, 0.29) is 11.7 Å². The van der Waals surface area contributed by atoms with Gasteiger partial charge in [-0.15, -0.1) is 16.8 Å². The summed E-state index contributed by atoms with van der Waals surface area (Å²) in [6.07, 6.45) is 1.35. The molecule has 4 rings (SSSR count). The van der Waals surface area contributed by atoms with Crippen LogP contribution in [0.3, 0.4) is 0 Å². The first-order valence-electron chi connectivity index (χ1n) is 9.24. The SMILES string of the molecule is C=CCn1c(SCC(=O)Nc2ccc(Cl)cc2)nnc1C1COc2ccccc2O1. The van der Waals surface area contributed by atoms with Crippen LogP contribution >= 0.6 is 23.4 Å². The molecule has 3 aromatic rings. The largest absolute Gasteiger partial charge is 0.485 e. The summed E-state index contributed by atoms with van der Waals surface area (Å²) in [5.74, 6) is 2.03. The number of amides is 1. The number of thioether (sulfide) groups is 1. The zero-order valence-electron chi connectivity index (χ0n) is 16.0. The lowest BCUT2D eigenvalue weighted by Gasteiger charge is -2.26. The Labute approximate surface area is 183 Å². The van der Waals surface area contributed by atoms with Crippen LogP contribution in [0, 0.1) is 0 Å². The average molecular weight is 443 g/mol. The highest BCUT2D eigenvalue weighted by atomic mass is 35.5. The Hall–Kier alpha value is -2.97. The molecule has 30 heavy (non-hydrogen) atoms. The van der Waals surface area contributed by atoms with Gasteiger partial charge in [-0.05, 0) is 36.4 Å². The second-order valence-electron chi connectivity index (χ2n) is 6.45. The van der Waals surface area contributed by atoms with Crippen molar-refractivity contribution in [2.45, 2.75) is 17.8 Å². The fourth-order valence-electron chi connectivity index (χ4n) is 2.95. The van der Waals surface area contributed by atoms with E-state index in [1.54, 1.807) is 30.3 Å². The van der Waals surface area contributed by atoms with Crippen molar-refractivity contribution >= 4 is 35.0 Å². The van der Waals surface area contributed by atoms with Gasteiger partial charge in [0.2, 0.25) is 5.91 Å². The van der Waals surface area contributed by atoms with Crippen LogP contribution in [-0.4, -0.2) is 33.0 Å². The standard InChI is InChI=1S/C21H19ClN4O3S/c1-2-11-26-20(18-12-28-16-5-3-4-6-17(16)29-18)24-25-21(26)30-13-19(27)23-15-9-7-14(22)8-10-15/h2-10,18H,1,11-13H2,(H,23,27). The first-order valence-corrected chi connectivity index (χ1v) is 10.6. The molecule has 1 aliphatic heterocycles. The Bertz CT molecular complexity index is 1050. The second-order valence-corrected chi connectivity index (χ2v) is 7.83. The van der Waals surface area contributed by atoms with E-state index in [4.69, 9.17) is 21.1 Å². The van der Waals surface area contributed by atoms with Gasteiger partial charge in [-0.3, -0.25) is 9.36 Å². The number of hydrogen-bond acceptors (Lipinski definition) is 6. The number of halogens is 1. The van der Waals surface area contributed by atoms with Gasteiger partial charge in [0.15, 0.2) is 28.6 Å². The van der Waals surface area contributed by atoms with Crippen LogP contribution < -0.4 is 14.8 Å². The van der Waals surface area contributed by atoms with Crippen LogP contribution in [-0.2, 0) is 11.3 Å². The Morgan fingerprint density at radius 2 is 2.00 bits per heavy atom. The number of benzene rings is 2. The molecular formula is C21H19ClN4O3S. The fraction of sp³-hybridized carbons (Fsp3) is 0.190. The van der Waals surface area contributed by atoms with Crippen LogP contribution in [0.2, 0.25) is 5.02 Å². The number of hydrogen-bond donors (Lipinski definition) is 1. The lowest BCUT2D eigenvalue weighted by atomic mass is 10.2. The van der Waals surface area contributed by atoms with E-state index < -0.39 is 6.10 Å². The maximum Gasteiger partial charge on any atom is 0.234 e. The van der Waals surface area contributed by atoms with Crippen LogP contribution in [0.5, 0.6) is 11.5 Å². The van der Waals surface area contributed by atoms with Gasteiger partial charge >= 0.3 is 0 Å². The third-order valence-electron chi connectivity index (χ3n) is 4.31. The van der Waals surface area contributed by atoms with Crippen LogP contribution in [0.15, 0.2) is 66.3 Å². The minimum atomic E-state index is -0.399. The molecule has 0 saturated heterocycles. The Kier molecular flexibility index (Phi) is 6.25. The Morgan fingerprint density at radius 3 is 2.77 bits per heavy atom. The quantitative estimate of drug-likeness (QED) is 0.432. The third kappa shape index (κ3) is 4.60. The molecule has 1 aliphatic rings. The monoisotopic (exact) mass is 442 g/mol. The summed E-state index contributed by atoms with van der Waals surface area (Å²) < 4.78 is 13.7. The Morgan fingerprint density at radius 1 is 1.23 bits per heavy atom. The minimum absolute atomic E-state index is 0.150. The van der Waals surface area contributed by atoms with Crippen LogP contribution in [0.4, 0.5) is 5.69 Å². The van der Waals surface area contributed by atoms with Gasteiger partial charge in [-0.2, -0.15) is 0 Å². The number of allylic oxidation sites excluding steroid dienone is 1. The van der Waals surface area contributed by atoms with Crippen molar-refractivity contribution in [3.05, 3.63) is 72.0 Å². The van der Waals surface area contributed by atoms with E-state index in [1.807, 2.05) is 28.8 Å². The predicted octanol–water partition coefficient (Wildman–Crippen LogP) is 4.36. The number of nitrogens with one attached hydrogen (secondary N) is 1. The van der Waals surface area contributed by atoms with Crippen molar-refractivity contribution in [2.24, 2.45) is 0 Å². The van der Waals surface area contributed by atoms with Gasteiger partial charge in [-0.1, -0.05) is 41.6 Å². The predicted molar refractivity (Wildman–Crippen MR) is 116 cm³/mol. The maximum atomic E-state index is 12.3. The smallest absolute Gasteiger partial charge is 0.234 e. The highest BCUT2D eigenvalue weighted by Gasteiger charge is 2.28. The normalized spacial score (nSPS) is 14.9. The molecule has 0 spiro atoms. The van der Waals surface area contributed by atoms with E-state index in [2.05, 4.69) is 22.1 Å². The van der Waals surface area contributed by atoms with Crippen molar-refractivity contribution in [1.29, 1.82) is 0 Å².